The van der Waals surface area contributed by atoms with E-state index in [2.05, 4.69) is 47.2 Å². The Labute approximate surface area is 121 Å². The molecule has 0 aliphatic heterocycles. The first-order valence-corrected chi connectivity index (χ1v) is 7.02. The number of halogens is 2. The van der Waals surface area contributed by atoms with Crippen molar-refractivity contribution >= 4 is 33.2 Å². The van der Waals surface area contributed by atoms with E-state index in [1.54, 1.807) is 0 Å². The van der Waals surface area contributed by atoms with Gasteiger partial charge in [-0.05, 0) is 53.0 Å². The fourth-order valence-electron chi connectivity index (χ4n) is 1.90. The molecule has 3 heteroatoms. The second-order valence-electron chi connectivity index (χ2n) is 4.32. The fourth-order valence-corrected chi connectivity index (χ4v) is 2.57. The summed E-state index contributed by atoms with van der Waals surface area (Å²) in [5.74, 6) is 0. The lowest BCUT2D eigenvalue weighted by molar-refractivity contribution is 0.883. The van der Waals surface area contributed by atoms with E-state index in [-0.39, 0.29) is 6.04 Å². The molecule has 0 fully saturated rings. The van der Waals surface area contributed by atoms with E-state index in [0.29, 0.717) is 0 Å². The van der Waals surface area contributed by atoms with E-state index in [1.165, 1.54) is 5.56 Å². The Kier molecular flexibility index (Phi) is 4.31. The van der Waals surface area contributed by atoms with E-state index in [1.807, 2.05) is 30.3 Å². The second kappa shape index (κ2) is 5.77. The molecule has 0 aromatic heterocycles. The average Bonchev–Trinajstić information content (AvgIpc) is 2.35. The summed E-state index contributed by atoms with van der Waals surface area (Å²) in [6, 6.07) is 14.3. The lowest BCUT2D eigenvalue weighted by Crippen LogP contribution is -2.07. The average molecular weight is 325 g/mol. The van der Waals surface area contributed by atoms with Gasteiger partial charge in [0.15, 0.2) is 0 Å². The molecule has 0 aliphatic carbocycles. The zero-order valence-electron chi connectivity index (χ0n) is 10.4. The predicted molar refractivity (Wildman–Crippen MR) is 82.4 cm³/mol. The minimum Gasteiger partial charge on any atom is -0.378 e. The van der Waals surface area contributed by atoms with E-state index in [9.17, 15) is 0 Å². The maximum atomic E-state index is 6.20. The van der Waals surface area contributed by atoms with Crippen molar-refractivity contribution in [2.75, 3.05) is 5.32 Å². The van der Waals surface area contributed by atoms with Crippen molar-refractivity contribution in [1.82, 2.24) is 0 Å². The van der Waals surface area contributed by atoms with E-state index < -0.39 is 0 Å². The van der Waals surface area contributed by atoms with Gasteiger partial charge in [0.2, 0.25) is 0 Å². The summed E-state index contributed by atoms with van der Waals surface area (Å²) in [5, 5.41) is 4.27. The van der Waals surface area contributed by atoms with Gasteiger partial charge in [0.25, 0.3) is 0 Å². The van der Waals surface area contributed by atoms with Crippen LogP contribution in [-0.4, -0.2) is 0 Å². The summed E-state index contributed by atoms with van der Waals surface area (Å²) in [6.07, 6.45) is 0. The molecule has 94 valence electrons. The first-order chi connectivity index (χ1) is 8.59. The van der Waals surface area contributed by atoms with Crippen molar-refractivity contribution in [2.24, 2.45) is 0 Å². The summed E-state index contributed by atoms with van der Waals surface area (Å²) in [6.45, 7) is 4.19. The van der Waals surface area contributed by atoms with E-state index in [4.69, 9.17) is 11.6 Å². The molecule has 1 nitrogen and oxygen atoms in total. The van der Waals surface area contributed by atoms with Crippen LogP contribution in [0, 0.1) is 6.92 Å². The summed E-state index contributed by atoms with van der Waals surface area (Å²) in [4.78, 5) is 0. The first kappa shape index (κ1) is 13.4. The highest BCUT2D eigenvalue weighted by atomic mass is 79.9. The minimum atomic E-state index is 0.164. The minimum absolute atomic E-state index is 0.164. The third kappa shape index (κ3) is 2.88. The Morgan fingerprint density at radius 3 is 2.56 bits per heavy atom. The molecule has 0 saturated carbocycles. The van der Waals surface area contributed by atoms with Crippen molar-refractivity contribution < 1.29 is 0 Å². The molecule has 2 rings (SSSR count). The second-order valence-corrected chi connectivity index (χ2v) is 5.52. The number of hydrogen-bond donors (Lipinski definition) is 1. The first-order valence-electron chi connectivity index (χ1n) is 5.85. The van der Waals surface area contributed by atoms with Crippen LogP contribution >= 0.6 is 27.5 Å². The molecule has 2 aromatic carbocycles. The van der Waals surface area contributed by atoms with Crippen LogP contribution in [0.25, 0.3) is 0 Å². The zero-order chi connectivity index (χ0) is 13.1. The third-order valence-electron chi connectivity index (χ3n) is 2.94. The van der Waals surface area contributed by atoms with Crippen molar-refractivity contribution in [3.8, 4) is 0 Å². The number of nitrogens with one attached hydrogen (secondary N) is 1. The zero-order valence-corrected chi connectivity index (χ0v) is 12.7. The van der Waals surface area contributed by atoms with Crippen LogP contribution in [0.15, 0.2) is 46.9 Å². The normalized spacial score (nSPS) is 12.2. The monoisotopic (exact) mass is 323 g/mol. The topological polar surface area (TPSA) is 12.0 Å². The highest BCUT2D eigenvalue weighted by Crippen LogP contribution is 2.31. The fraction of sp³-hybridized carbons (Fsp3) is 0.200. The molecule has 18 heavy (non-hydrogen) atoms. The van der Waals surface area contributed by atoms with Crippen LogP contribution in [0.1, 0.15) is 24.1 Å². The predicted octanol–water partition coefficient (Wildman–Crippen LogP) is 5.58. The van der Waals surface area contributed by atoms with E-state index in [0.717, 1.165) is 20.7 Å². The Morgan fingerprint density at radius 2 is 1.83 bits per heavy atom. The Bertz CT molecular complexity index is 554. The third-order valence-corrected chi connectivity index (χ3v) is 4.33. The molecule has 0 bridgehead atoms. The van der Waals surface area contributed by atoms with Crippen molar-refractivity contribution in [2.45, 2.75) is 19.9 Å². The number of aryl methyl sites for hydroxylation is 1. The maximum absolute atomic E-state index is 6.20. The van der Waals surface area contributed by atoms with Gasteiger partial charge >= 0.3 is 0 Å². The molecule has 1 atom stereocenters. The number of benzene rings is 2. The molecule has 0 heterocycles. The smallest absolute Gasteiger partial charge is 0.0500 e. The van der Waals surface area contributed by atoms with Crippen molar-refractivity contribution in [3.05, 3.63) is 63.1 Å². The quantitative estimate of drug-likeness (QED) is 0.776. The summed E-state index contributed by atoms with van der Waals surface area (Å²) >= 11 is 9.81. The van der Waals surface area contributed by atoms with Gasteiger partial charge < -0.3 is 5.32 Å². The van der Waals surface area contributed by atoms with Crippen molar-refractivity contribution in [1.29, 1.82) is 0 Å². The lowest BCUT2D eigenvalue weighted by Gasteiger charge is -2.18. The standard InChI is InChI=1S/C15H15BrClN/c1-10-6-5-9-14(15(10)16)18-11(2)12-7-3-4-8-13(12)17/h3-9,11,18H,1-2H3. The molecule has 0 aliphatic rings. The van der Waals surface area contributed by atoms with Gasteiger partial charge in [-0.15, -0.1) is 0 Å². The largest absolute Gasteiger partial charge is 0.378 e. The lowest BCUT2D eigenvalue weighted by atomic mass is 10.1. The Hall–Kier alpha value is -0.990. The van der Waals surface area contributed by atoms with Gasteiger partial charge in [-0.1, -0.05) is 41.9 Å². The molecular formula is C15H15BrClN. The number of anilines is 1. The van der Waals surface area contributed by atoms with E-state index >= 15 is 0 Å². The molecule has 0 amide bonds. The highest BCUT2D eigenvalue weighted by Gasteiger charge is 2.10. The van der Waals surface area contributed by atoms with Gasteiger partial charge in [-0.2, -0.15) is 0 Å². The maximum Gasteiger partial charge on any atom is 0.0500 e. The summed E-state index contributed by atoms with van der Waals surface area (Å²) in [7, 11) is 0. The van der Waals surface area contributed by atoms with Crippen LogP contribution in [0.2, 0.25) is 5.02 Å². The summed E-state index contributed by atoms with van der Waals surface area (Å²) < 4.78 is 1.10. The molecular weight excluding hydrogens is 310 g/mol. The SMILES string of the molecule is Cc1cccc(NC(C)c2ccccc2Cl)c1Br. The molecule has 1 N–H and O–H groups in total. The van der Waals surface area contributed by atoms with Gasteiger partial charge in [-0.3, -0.25) is 0 Å². The highest BCUT2D eigenvalue weighted by molar-refractivity contribution is 9.10. The molecule has 1 unspecified atom stereocenters. The van der Waals surface area contributed by atoms with Crippen LogP contribution in [0.5, 0.6) is 0 Å². The Morgan fingerprint density at radius 1 is 1.11 bits per heavy atom. The van der Waals surface area contributed by atoms with Crippen molar-refractivity contribution in [3.63, 3.8) is 0 Å². The molecule has 0 saturated heterocycles. The van der Waals surface area contributed by atoms with Crippen LogP contribution in [0.4, 0.5) is 5.69 Å². The number of rotatable bonds is 3. The van der Waals surface area contributed by atoms with Gasteiger partial charge in [-0.25, -0.2) is 0 Å². The van der Waals surface area contributed by atoms with Gasteiger partial charge in [0, 0.05) is 15.2 Å². The molecule has 0 radical (unpaired) electrons. The summed E-state index contributed by atoms with van der Waals surface area (Å²) in [5.41, 5.74) is 3.40. The van der Waals surface area contributed by atoms with Gasteiger partial charge in [0.1, 0.15) is 0 Å². The number of hydrogen-bond acceptors (Lipinski definition) is 1. The van der Waals surface area contributed by atoms with Crippen LogP contribution in [0.3, 0.4) is 0 Å². The van der Waals surface area contributed by atoms with Crippen LogP contribution in [-0.2, 0) is 0 Å². The Balaban J connectivity index is 2.24. The van der Waals surface area contributed by atoms with Gasteiger partial charge in [0.05, 0.1) is 6.04 Å². The van der Waals surface area contributed by atoms with Crippen LogP contribution < -0.4 is 5.32 Å². The molecule has 2 aromatic rings. The molecule has 0 spiro atoms.